The second-order valence-electron chi connectivity index (χ2n) is 9.02. The summed E-state index contributed by atoms with van der Waals surface area (Å²) >= 11 is 0. The van der Waals surface area contributed by atoms with Gasteiger partial charge in [0, 0.05) is 17.9 Å². The Balaban J connectivity index is 1.16. The van der Waals surface area contributed by atoms with E-state index in [9.17, 15) is 4.79 Å². The maximum atomic E-state index is 12.4. The van der Waals surface area contributed by atoms with Gasteiger partial charge in [0.05, 0.1) is 0 Å². The molecular formula is C26H27NO2. The molecule has 2 fully saturated rings. The van der Waals surface area contributed by atoms with Crippen LogP contribution < -0.4 is 5.32 Å². The maximum absolute atomic E-state index is 12.4. The van der Waals surface area contributed by atoms with Gasteiger partial charge < -0.3 is 10.1 Å². The van der Waals surface area contributed by atoms with Gasteiger partial charge in [0.15, 0.2) is 0 Å². The molecule has 5 rings (SSSR count). The summed E-state index contributed by atoms with van der Waals surface area (Å²) < 4.78 is 5.68. The number of hydrogen-bond donors (Lipinski definition) is 1. The van der Waals surface area contributed by atoms with E-state index in [0.29, 0.717) is 17.9 Å². The smallest absolute Gasteiger partial charge is 0.407 e. The fourth-order valence-electron chi connectivity index (χ4n) is 5.70. The van der Waals surface area contributed by atoms with E-state index in [4.69, 9.17) is 11.2 Å². The van der Waals surface area contributed by atoms with Crippen LogP contribution in [0.3, 0.4) is 0 Å². The molecule has 29 heavy (non-hydrogen) atoms. The third kappa shape index (κ3) is 3.31. The zero-order valence-corrected chi connectivity index (χ0v) is 16.7. The van der Waals surface area contributed by atoms with Crippen LogP contribution >= 0.6 is 0 Å². The summed E-state index contributed by atoms with van der Waals surface area (Å²) in [6, 6.07) is 17.1. The Morgan fingerprint density at radius 2 is 1.62 bits per heavy atom. The highest BCUT2D eigenvalue weighted by Gasteiger charge is 2.46. The highest BCUT2D eigenvalue weighted by atomic mass is 16.5. The number of fused-ring (bicyclic) bond motifs is 3. The molecule has 0 unspecified atom stereocenters. The van der Waals surface area contributed by atoms with Crippen molar-refractivity contribution in [2.24, 2.45) is 11.3 Å². The van der Waals surface area contributed by atoms with Gasteiger partial charge in [-0.1, -0.05) is 48.5 Å². The number of benzene rings is 2. The quantitative estimate of drug-likeness (QED) is 0.709. The molecule has 3 aliphatic rings. The molecule has 0 aliphatic heterocycles. The third-order valence-electron chi connectivity index (χ3n) is 7.31. The van der Waals surface area contributed by atoms with Crippen LogP contribution in [0.1, 0.15) is 55.6 Å². The summed E-state index contributed by atoms with van der Waals surface area (Å²) in [5.41, 5.74) is 5.40. The minimum absolute atomic E-state index is 0.111. The van der Waals surface area contributed by atoms with E-state index in [0.717, 1.165) is 25.7 Å². The fraction of sp³-hybridized carbons (Fsp3) is 0.423. The van der Waals surface area contributed by atoms with Crippen LogP contribution in [0, 0.1) is 23.7 Å². The lowest BCUT2D eigenvalue weighted by Crippen LogP contribution is -2.52. The SMILES string of the molecule is C#CC1CCC2(CC1)CC(NC(=O)OCC1c3ccccc3-c3ccccc31)C2. The van der Waals surface area contributed by atoms with Crippen molar-refractivity contribution in [2.45, 2.75) is 50.5 Å². The summed E-state index contributed by atoms with van der Waals surface area (Å²) in [6.45, 7) is 0.377. The van der Waals surface area contributed by atoms with E-state index >= 15 is 0 Å². The number of carbonyl (C=O) groups is 1. The highest BCUT2D eigenvalue weighted by molar-refractivity contribution is 5.79. The first-order chi connectivity index (χ1) is 14.2. The number of alkyl carbamates (subject to hydrolysis) is 1. The van der Waals surface area contributed by atoms with Crippen molar-refractivity contribution < 1.29 is 9.53 Å². The number of amides is 1. The lowest BCUT2D eigenvalue weighted by molar-refractivity contribution is 0.0275. The molecule has 0 heterocycles. The van der Waals surface area contributed by atoms with Gasteiger partial charge in [0.1, 0.15) is 6.61 Å². The highest BCUT2D eigenvalue weighted by Crippen LogP contribution is 2.52. The van der Waals surface area contributed by atoms with Crippen LogP contribution in [0.4, 0.5) is 4.79 Å². The molecule has 1 spiro atoms. The summed E-state index contributed by atoms with van der Waals surface area (Å²) in [7, 11) is 0. The second kappa shape index (κ2) is 7.26. The van der Waals surface area contributed by atoms with Crippen molar-refractivity contribution in [1.29, 1.82) is 0 Å². The van der Waals surface area contributed by atoms with Crippen molar-refractivity contribution in [3.8, 4) is 23.5 Å². The molecule has 0 radical (unpaired) electrons. The Kier molecular flexibility index (Phi) is 4.59. The first kappa shape index (κ1) is 18.3. The average Bonchev–Trinajstić information content (AvgIpc) is 3.05. The fourth-order valence-corrected chi connectivity index (χ4v) is 5.70. The van der Waals surface area contributed by atoms with Crippen molar-refractivity contribution in [3.05, 3.63) is 59.7 Å². The second-order valence-corrected chi connectivity index (χ2v) is 9.02. The predicted octanol–water partition coefficient (Wildman–Crippen LogP) is 5.50. The van der Waals surface area contributed by atoms with E-state index in [1.54, 1.807) is 0 Å². The first-order valence-corrected chi connectivity index (χ1v) is 10.8. The van der Waals surface area contributed by atoms with E-state index in [1.807, 2.05) is 0 Å². The lowest BCUT2D eigenvalue weighted by Gasteiger charge is -2.51. The van der Waals surface area contributed by atoms with Crippen molar-refractivity contribution in [3.63, 3.8) is 0 Å². The van der Waals surface area contributed by atoms with E-state index in [1.165, 1.54) is 35.1 Å². The third-order valence-corrected chi connectivity index (χ3v) is 7.31. The van der Waals surface area contributed by atoms with Gasteiger partial charge in [-0.2, -0.15) is 0 Å². The molecule has 2 aromatic carbocycles. The van der Waals surface area contributed by atoms with Gasteiger partial charge in [-0.3, -0.25) is 0 Å². The van der Waals surface area contributed by atoms with Crippen LogP contribution in [0.25, 0.3) is 11.1 Å². The van der Waals surface area contributed by atoms with Crippen molar-refractivity contribution >= 4 is 6.09 Å². The first-order valence-electron chi connectivity index (χ1n) is 10.8. The number of nitrogens with one attached hydrogen (secondary N) is 1. The molecular weight excluding hydrogens is 358 g/mol. The molecule has 1 N–H and O–H groups in total. The van der Waals surface area contributed by atoms with Crippen LogP contribution in [0.2, 0.25) is 0 Å². The number of rotatable bonds is 3. The van der Waals surface area contributed by atoms with Gasteiger partial charge in [-0.05, 0) is 66.2 Å². The number of ether oxygens (including phenoxy) is 1. The van der Waals surface area contributed by atoms with Crippen LogP contribution in [-0.2, 0) is 4.74 Å². The van der Waals surface area contributed by atoms with E-state index in [-0.39, 0.29) is 18.1 Å². The Bertz CT molecular complexity index is 911. The zero-order valence-electron chi connectivity index (χ0n) is 16.7. The number of terminal acetylenes is 1. The zero-order chi connectivity index (χ0) is 19.8. The van der Waals surface area contributed by atoms with Crippen molar-refractivity contribution in [1.82, 2.24) is 5.32 Å². The van der Waals surface area contributed by atoms with Gasteiger partial charge in [0.25, 0.3) is 0 Å². The molecule has 0 saturated heterocycles. The van der Waals surface area contributed by atoms with Gasteiger partial charge in [0.2, 0.25) is 0 Å². The Morgan fingerprint density at radius 3 is 2.21 bits per heavy atom. The summed E-state index contributed by atoms with van der Waals surface area (Å²) in [5.74, 6) is 3.47. The summed E-state index contributed by atoms with van der Waals surface area (Å²) in [5, 5.41) is 3.08. The molecule has 0 bridgehead atoms. The molecule has 0 atom stereocenters. The van der Waals surface area contributed by atoms with Crippen LogP contribution in [0.15, 0.2) is 48.5 Å². The van der Waals surface area contributed by atoms with Gasteiger partial charge in [-0.15, -0.1) is 12.3 Å². The molecule has 2 aromatic rings. The normalized spacial score (nSPS) is 27.4. The minimum Gasteiger partial charge on any atom is -0.449 e. The molecule has 148 valence electrons. The molecule has 1 amide bonds. The van der Waals surface area contributed by atoms with Gasteiger partial charge >= 0.3 is 6.09 Å². The monoisotopic (exact) mass is 385 g/mol. The molecule has 3 nitrogen and oxygen atoms in total. The summed E-state index contributed by atoms with van der Waals surface area (Å²) in [6.07, 6.45) is 12.1. The largest absolute Gasteiger partial charge is 0.449 e. The molecule has 2 saturated carbocycles. The maximum Gasteiger partial charge on any atom is 0.407 e. The van der Waals surface area contributed by atoms with Crippen LogP contribution in [-0.4, -0.2) is 18.7 Å². The van der Waals surface area contributed by atoms with Crippen LogP contribution in [0.5, 0.6) is 0 Å². The van der Waals surface area contributed by atoms with E-state index < -0.39 is 0 Å². The Labute approximate surface area is 172 Å². The van der Waals surface area contributed by atoms with Crippen molar-refractivity contribution in [2.75, 3.05) is 6.61 Å². The minimum atomic E-state index is -0.288. The topological polar surface area (TPSA) is 38.3 Å². The lowest BCUT2D eigenvalue weighted by atomic mass is 9.57. The molecule has 0 aromatic heterocycles. The number of hydrogen-bond acceptors (Lipinski definition) is 2. The Morgan fingerprint density at radius 1 is 1.03 bits per heavy atom. The Hall–Kier alpha value is -2.73. The standard InChI is InChI=1S/C26H27NO2/c1-2-18-11-13-26(14-12-18)15-19(16-26)27-25(28)29-17-24-22-9-5-3-7-20(22)21-8-4-6-10-23(21)24/h1,3-10,18-19,24H,11-17H2,(H,27,28). The number of carbonyl (C=O) groups excluding carboxylic acids is 1. The average molecular weight is 386 g/mol. The molecule has 3 heteroatoms. The summed E-state index contributed by atoms with van der Waals surface area (Å²) in [4.78, 5) is 12.4. The molecule has 3 aliphatic carbocycles. The van der Waals surface area contributed by atoms with Gasteiger partial charge in [-0.25, -0.2) is 4.79 Å². The predicted molar refractivity (Wildman–Crippen MR) is 114 cm³/mol. The van der Waals surface area contributed by atoms with E-state index in [2.05, 4.69) is 59.8 Å².